The molecule has 0 heterocycles. The van der Waals surface area contributed by atoms with Crippen LogP contribution in [0.4, 0.5) is 0 Å². The molecule has 0 aliphatic carbocycles. The van der Waals surface area contributed by atoms with Crippen molar-refractivity contribution in [2.45, 2.75) is 18.6 Å². The molecule has 0 amide bonds. The fourth-order valence-corrected chi connectivity index (χ4v) is 1.47. The molecule has 4 nitrogen and oxygen atoms in total. The lowest BCUT2D eigenvalue weighted by Crippen LogP contribution is -2.23. The molecular weight excluding hydrogens is 206 g/mol. The third-order valence-electron chi connectivity index (χ3n) is 2.51. The van der Waals surface area contributed by atoms with Gasteiger partial charge in [0.1, 0.15) is 11.9 Å². The Morgan fingerprint density at radius 3 is 2.38 bits per heavy atom. The van der Waals surface area contributed by atoms with Crippen molar-refractivity contribution in [3.8, 4) is 5.75 Å². The van der Waals surface area contributed by atoms with E-state index in [1.807, 2.05) is 7.05 Å². The van der Waals surface area contributed by atoms with Crippen LogP contribution in [0.3, 0.4) is 0 Å². The highest BCUT2D eigenvalue weighted by Crippen LogP contribution is 2.21. The highest BCUT2D eigenvalue weighted by atomic mass is 16.5. The van der Waals surface area contributed by atoms with E-state index >= 15 is 0 Å². The van der Waals surface area contributed by atoms with Gasteiger partial charge in [-0.3, -0.25) is 0 Å². The molecule has 0 aromatic heterocycles. The summed E-state index contributed by atoms with van der Waals surface area (Å²) in [5, 5.41) is 22.5. The number of benzene rings is 1. The van der Waals surface area contributed by atoms with E-state index in [2.05, 4.69) is 5.32 Å². The van der Waals surface area contributed by atoms with Gasteiger partial charge in [-0.1, -0.05) is 12.1 Å². The Morgan fingerprint density at radius 2 is 1.88 bits per heavy atom. The fraction of sp³-hybridized carbons (Fsp3) is 0.500. The van der Waals surface area contributed by atoms with E-state index in [9.17, 15) is 10.2 Å². The zero-order chi connectivity index (χ0) is 12.0. The number of aliphatic hydroxyl groups is 2. The van der Waals surface area contributed by atoms with Crippen LogP contribution >= 0.6 is 0 Å². The van der Waals surface area contributed by atoms with Crippen molar-refractivity contribution in [1.82, 2.24) is 5.32 Å². The van der Waals surface area contributed by atoms with E-state index in [-0.39, 0.29) is 0 Å². The summed E-state index contributed by atoms with van der Waals surface area (Å²) in [4.78, 5) is 0. The lowest BCUT2D eigenvalue weighted by Gasteiger charge is -2.18. The quantitative estimate of drug-likeness (QED) is 0.667. The summed E-state index contributed by atoms with van der Waals surface area (Å²) in [6, 6.07) is 7.05. The Morgan fingerprint density at radius 1 is 1.25 bits per heavy atom. The molecule has 3 N–H and O–H groups in total. The van der Waals surface area contributed by atoms with Crippen LogP contribution in [0.25, 0.3) is 0 Å². The standard InChI is InChI=1S/C12H19NO3/c1-13-8-7-11(14)12(15)9-3-5-10(16-2)6-4-9/h3-6,11-15H,7-8H2,1-2H3. The maximum atomic E-state index is 9.86. The van der Waals surface area contributed by atoms with Gasteiger partial charge in [-0.2, -0.15) is 0 Å². The van der Waals surface area contributed by atoms with Crippen LogP contribution in [0.15, 0.2) is 24.3 Å². The van der Waals surface area contributed by atoms with E-state index in [1.165, 1.54) is 0 Å². The summed E-state index contributed by atoms with van der Waals surface area (Å²) in [5.74, 6) is 0.737. The van der Waals surface area contributed by atoms with Crippen LogP contribution in [0.2, 0.25) is 0 Å². The van der Waals surface area contributed by atoms with Gasteiger partial charge < -0.3 is 20.3 Å². The van der Waals surface area contributed by atoms with Gasteiger partial charge in [0.25, 0.3) is 0 Å². The number of hydrogen-bond donors (Lipinski definition) is 3. The molecule has 2 atom stereocenters. The second kappa shape index (κ2) is 6.48. The van der Waals surface area contributed by atoms with Crippen molar-refractivity contribution in [1.29, 1.82) is 0 Å². The van der Waals surface area contributed by atoms with Gasteiger partial charge in [0.2, 0.25) is 0 Å². The lowest BCUT2D eigenvalue weighted by atomic mass is 10.0. The summed E-state index contributed by atoms with van der Waals surface area (Å²) < 4.78 is 5.02. The van der Waals surface area contributed by atoms with Gasteiger partial charge in [-0.05, 0) is 37.7 Å². The zero-order valence-corrected chi connectivity index (χ0v) is 9.68. The first kappa shape index (κ1) is 13.0. The van der Waals surface area contributed by atoms with Crippen molar-refractivity contribution < 1.29 is 14.9 Å². The molecule has 0 spiro atoms. The molecule has 1 rings (SSSR count). The van der Waals surface area contributed by atoms with Crippen molar-refractivity contribution in [3.63, 3.8) is 0 Å². The van der Waals surface area contributed by atoms with E-state index in [0.717, 1.165) is 5.75 Å². The Kier molecular flexibility index (Phi) is 5.25. The van der Waals surface area contributed by atoms with Gasteiger partial charge in [-0.15, -0.1) is 0 Å². The number of aliphatic hydroxyl groups excluding tert-OH is 2. The van der Waals surface area contributed by atoms with E-state index < -0.39 is 12.2 Å². The van der Waals surface area contributed by atoms with Crippen LogP contribution in [0, 0.1) is 0 Å². The van der Waals surface area contributed by atoms with Crippen molar-refractivity contribution in [2.75, 3.05) is 20.7 Å². The predicted octanol–water partition coefficient (Wildman–Crippen LogP) is 0.699. The van der Waals surface area contributed by atoms with Crippen LogP contribution in [0.5, 0.6) is 5.75 Å². The first-order chi connectivity index (χ1) is 7.69. The Hall–Kier alpha value is -1.10. The second-order valence-corrected chi connectivity index (χ2v) is 3.68. The average Bonchev–Trinajstić information content (AvgIpc) is 2.35. The predicted molar refractivity (Wildman–Crippen MR) is 62.5 cm³/mol. The maximum Gasteiger partial charge on any atom is 0.118 e. The SMILES string of the molecule is CNCCC(O)C(O)c1ccc(OC)cc1. The number of methoxy groups -OCH3 is 1. The molecule has 0 aliphatic heterocycles. The van der Waals surface area contributed by atoms with Gasteiger partial charge in [-0.25, -0.2) is 0 Å². The summed E-state index contributed by atoms with van der Waals surface area (Å²) in [6.45, 7) is 0.675. The molecule has 16 heavy (non-hydrogen) atoms. The molecule has 0 fully saturated rings. The molecular formula is C12H19NO3. The van der Waals surface area contributed by atoms with E-state index in [1.54, 1.807) is 31.4 Å². The van der Waals surface area contributed by atoms with Gasteiger partial charge in [0.15, 0.2) is 0 Å². The number of ether oxygens (including phenoxy) is 1. The smallest absolute Gasteiger partial charge is 0.118 e. The molecule has 1 aromatic carbocycles. The fourth-order valence-electron chi connectivity index (χ4n) is 1.47. The first-order valence-electron chi connectivity index (χ1n) is 5.33. The number of hydrogen-bond acceptors (Lipinski definition) is 4. The first-order valence-corrected chi connectivity index (χ1v) is 5.33. The second-order valence-electron chi connectivity index (χ2n) is 3.68. The lowest BCUT2D eigenvalue weighted by molar-refractivity contribution is 0.0140. The van der Waals surface area contributed by atoms with Crippen molar-refractivity contribution in [2.24, 2.45) is 0 Å². The van der Waals surface area contributed by atoms with Gasteiger partial charge >= 0.3 is 0 Å². The Balaban J connectivity index is 2.60. The molecule has 0 bridgehead atoms. The third-order valence-corrected chi connectivity index (χ3v) is 2.51. The zero-order valence-electron chi connectivity index (χ0n) is 9.68. The van der Waals surface area contributed by atoms with Gasteiger partial charge in [0, 0.05) is 0 Å². The maximum absolute atomic E-state index is 9.86. The Bertz CT molecular complexity index is 300. The molecule has 0 aliphatic rings. The average molecular weight is 225 g/mol. The molecule has 2 unspecified atom stereocenters. The van der Waals surface area contributed by atoms with E-state index in [4.69, 9.17) is 4.74 Å². The highest BCUT2D eigenvalue weighted by Gasteiger charge is 2.17. The Labute approximate surface area is 95.9 Å². The van der Waals surface area contributed by atoms with Gasteiger partial charge in [0.05, 0.1) is 13.2 Å². The summed E-state index contributed by atoms with van der Waals surface area (Å²) in [7, 11) is 3.40. The molecule has 4 heteroatoms. The number of rotatable bonds is 6. The number of nitrogens with one attached hydrogen (secondary N) is 1. The molecule has 0 saturated carbocycles. The van der Waals surface area contributed by atoms with Crippen LogP contribution in [-0.4, -0.2) is 37.0 Å². The monoisotopic (exact) mass is 225 g/mol. The molecule has 0 saturated heterocycles. The van der Waals surface area contributed by atoms with Crippen molar-refractivity contribution in [3.05, 3.63) is 29.8 Å². The minimum Gasteiger partial charge on any atom is -0.497 e. The summed E-state index contributed by atoms with van der Waals surface area (Å²) >= 11 is 0. The van der Waals surface area contributed by atoms with Crippen LogP contribution in [0.1, 0.15) is 18.1 Å². The van der Waals surface area contributed by atoms with Crippen LogP contribution in [-0.2, 0) is 0 Å². The molecule has 1 aromatic rings. The highest BCUT2D eigenvalue weighted by molar-refractivity contribution is 5.28. The summed E-state index contributed by atoms with van der Waals surface area (Å²) in [5.41, 5.74) is 0.699. The largest absolute Gasteiger partial charge is 0.497 e. The molecule has 0 radical (unpaired) electrons. The van der Waals surface area contributed by atoms with E-state index in [0.29, 0.717) is 18.5 Å². The normalized spacial score (nSPS) is 14.5. The minimum atomic E-state index is -0.848. The summed E-state index contributed by atoms with van der Waals surface area (Å²) in [6.07, 6.45) is -1.08. The van der Waals surface area contributed by atoms with Crippen LogP contribution < -0.4 is 10.1 Å². The molecule has 90 valence electrons. The minimum absolute atomic E-state index is 0.518. The topological polar surface area (TPSA) is 61.7 Å². The third kappa shape index (κ3) is 3.48. The van der Waals surface area contributed by atoms with Crippen molar-refractivity contribution >= 4 is 0 Å².